The van der Waals surface area contributed by atoms with Crippen LogP contribution >= 0.6 is 23.2 Å². The van der Waals surface area contributed by atoms with E-state index in [1.807, 2.05) is 38.1 Å². The minimum atomic E-state index is -0.276. The number of fused-ring (bicyclic) bond motifs is 6. The summed E-state index contributed by atoms with van der Waals surface area (Å²) in [5.74, 6) is 0.586. The van der Waals surface area contributed by atoms with E-state index >= 15 is 0 Å². The van der Waals surface area contributed by atoms with Gasteiger partial charge in [0.05, 0.1) is 73.6 Å². The van der Waals surface area contributed by atoms with E-state index in [1.54, 1.807) is 28.4 Å². The van der Waals surface area contributed by atoms with E-state index in [0.29, 0.717) is 49.6 Å². The lowest BCUT2D eigenvalue weighted by Crippen LogP contribution is -2.22. The highest BCUT2D eigenvalue weighted by Crippen LogP contribution is 2.47. The number of esters is 2. The van der Waals surface area contributed by atoms with Crippen molar-refractivity contribution in [2.45, 2.75) is 77.3 Å². The maximum absolute atomic E-state index is 12.6. The van der Waals surface area contributed by atoms with Crippen LogP contribution in [0.2, 0.25) is 10.0 Å². The highest BCUT2D eigenvalue weighted by molar-refractivity contribution is 6.36. The predicted molar refractivity (Wildman–Crippen MR) is 195 cm³/mol. The molecule has 2 aliphatic rings. The van der Waals surface area contributed by atoms with Crippen LogP contribution in [0, 0.1) is 0 Å². The van der Waals surface area contributed by atoms with E-state index in [4.69, 9.17) is 51.6 Å². The summed E-state index contributed by atoms with van der Waals surface area (Å²) in [5.41, 5.74) is 6.13. The molecule has 2 aliphatic carbocycles. The Balaban J connectivity index is 0.000000194. The SMILES string of the molecule is CCOC(=O)[C@@H]1CCCc2c1c1c(OC)ccc(Cl)c1n2CCOC.CCOC(=O)[C@H]1CCCc2c1c1c(OC)ccc(Cl)c1n2CCOC. The molecule has 12 heteroatoms. The van der Waals surface area contributed by atoms with Crippen molar-refractivity contribution in [2.24, 2.45) is 0 Å². The first-order valence-corrected chi connectivity index (χ1v) is 18.1. The normalized spacial score (nSPS) is 16.7. The number of carbonyl (C=O) groups excluding carboxylic acids is 2. The molecule has 272 valence electrons. The first-order chi connectivity index (χ1) is 24.3. The van der Waals surface area contributed by atoms with Crippen molar-refractivity contribution in [3.8, 4) is 11.5 Å². The zero-order valence-corrected chi connectivity index (χ0v) is 31.4. The topological polar surface area (TPSA) is 99.4 Å². The van der Waals surface area contributed by atoms with Gasteiger partial charge in [0, 0.05) is 49.5 Å². The van der Waals surface area contributed by atoms with Gasteiger partial charge in [-0.1, -0.05) is 23.2 Å². The average molecular weight is 732 g/mol. The van der Waals surface area contributed by atoms with Crippen LogP contribution in [-0.4, -0.2) is 75.9 Å². The fraction of sp³-hybridized carbons (Fsp3) is 0.526. The molecule has 50 heavy (non-hydrogen) atoms. The largest absolute Gasteiger partial charge is 0.496 e. The molecule has 10 nitrogen and oxygen atoms in total. The van der Waals surface area contributed by atoms with Gasteiger partial charge in [-0.05, 0) is 87.8 Å². The van der Waals surface area contributed by atoms with Crippen molar-refractivity contribution in [3.05, 3.63) is 56.8 Å². The summed E-state index contributed by atoms with van der Waals surface area (Å²) >= 11 is 13.1. The number of carbonyl (C=O) groups is 2. The molecule has 2 atom stereocenters. The third-order valence-corrected chi connectivity index (χ3v) is 10.3. The summed E-state index contributed by atoms with van der Waals surface area (Å²) in [5, 5.41) is 3.17. The summed E-state index contributed by atoms with van der Waals surface area (Å²) in [6, 6.07) is 7.42. The Kier molecular flexibility index (Phi) is 13.0. The molecule has 0 amide bonds. The summed E-state index contributed by atoms with van der Waals surface area (Å²) in [7, 11) is 6.65. The van der Waals surface area contributed by atoms with E-state index in [2.05, 4.69) is 9.13 Å². The molecule has 2 aromatic carbocycles. The lowest BCUT2D eigenvalue weighted by atomic mass is 9.85. The molecule has 0 N–H and O–H groups in total. The number of benzene rings is 2. The van der Waals surface area contributed by atoms with Gasteiger partial charge in [0.25, 0.3) is 0 Å². The van der Waals surface area contributed by atoms with E-state index in [0.717, 1.165) is 94.3 Å². The number of halogens is 2. The Labute approximate surface area is 303 Å². The minimum absolute atomic E-state index is 0.170. The molecule has 6 rings (SSSR count). The molecule has 0 radical (unpaired) electrons. The molecule has 0 bridgehead atoms. The first-order valence-electron chi connectivity index (χ1n) is 17.3. The molecule has 0 saturated carbocycles. The standard InChI is InChI=1S/2C19H24ClNO4/c2*1-4-25-19(22)12-6-5-7-14-16(12)17-15(24-3)9-8-13(20)18(17)21(14)10-11-23-2/h2*8-9,12H,4-7,10-11H2,1-3H3/t2*12-/m10/s1. The Hall–Kier alpha value is -3.44. The first kappa shape index (κ1) is 37.8. The van der Waals surface area contributed by atoms with Gasteiger partial charge in [-0.15, -0.1) is 0 Å². The van der Waals surface area contributed by atoms with Crippen molar-refractivity contribution in [1.82, 2.24) is 9.13 Å². The summed E-state index contributed by atoms with van der Waals surface area (Å²) in [6.45, 7) is 6.95. The van der Waals surface area contributed by atoms with Gasteiger partial charge in [-0.3, -0.25) is 9.59 Å². The quantitative estimate of drug-likeness (QED) is 0.136. The smallest absolute Gasteiger partial charge is 0.313 e. The van der Waals surface area contributed by atoms with Crippen LogP contribution in [0.1, 0.15) is 73.9 Å². The summed E-state index contributed by atoms with van der Waals surface area (Å²) in [4.78, 5) is 25.2. The minimum Gasteiger partial charge on any atom is -0.496 e. The molecule has 0 aliphatic heterocycles. The van der Waals surface area contributed by atoms with Crippen molar-refractivity contribution >= 4 is 56.9 Å². The van der Waals surface area contributed by atoms with Crippen molar-refractivity contribution in [1.29, 1.82) is 0 Å². The second-order valence-electron chi connectivity index (χ2n) is 12.3. The van der Waals surface area contributed by atoms with Gasteiger partial charge < -0.3 is 37.6 Å². The molecule has 0 fully saturated rings. The Morgan fingerprint density at radius 3 is 1.42 bits per heavy atom. The maximum Gasteiger partial charge on any atom is 0.313 e. The number of nitrogens with zero attached hydrogens (tertiary/aromatic N) is 2. The van der Waals surface area contributed by atoms with Crippen LogP contribution in [0.5, 0.6) is 11.5 Å². The Morgan fingerprint density at radius 2 is 1.08 bits per heavy atom. The van der Waals surface area contributed by atoms with Crippen molar-refractivity contribution in [2.75, 3.05) is 54.9 Å². The van der Waals surface area contributed by atoms with Gasteiger partial charge >= 0.3 is 11.9 Å². The highest BCUT2D eigenvalue weighted by atomic mass is 35.5. The number of aromatic nitrogens is 2. The highest BCUT2D eigenvalue weighted by Gasteiger charge is 2.36. The van der Waals surface area contributed by atoms with Crippen LogP contribution in [0.3, 0.4) is 0 Å². The molecule has 4 aromatic rings. The predicted octanol–water partition coefficient (Wildman–Crippen LogP) is 7.87. The van der Waals surface area contributed by atoms with Gasteiger partial charge in [0.1, 0.15) is 11.5 Å². The van der Waals surface area contributed by atoms with Crippen molar-refractivity contribution < 1.29 is 38.0 Å². The third kappa shape index (κ3) is 7.17. The van der Waals surface area contributed by atoms with Gasteiger partial charge in [-0.2, -0.15) is 0 Å². The molecule has 0 unspecified atom stereocenters. The van der Waals surface area contributed by atoms with Crippen LogP contribution < -0.4 is 9.47 Å². The molecule has 0 spiro atoms. The van der Waals surface area contributed by atoms with E-state index in [1.165, 1.54) is 0 Å². The fourth-order valence-corrected chi connectivity index (χ4v) is 8.19. The maximum atomic E-state index is 12.6. The Morgan fingerprint density at radius 1 is 0.680 bits per heavy atom. The summed E-state index contributed by atoms with van der Waals surface area (Å²) < 4.78 is 36.8. The number of hydrogen-bond donors (Lipinski definition) is 0. The van der Waals surface area contributed by atoms with Gasteiger partial charge in [-0.25, -0.2) is 0 Å². The molecule has 2 heterocycles. The number of methoxy groups -OCH3 is 4. The van der Waals surface area contributed by atoms with Gasteiger partial charge in [0.15, 0.2) is 0 Å². The van der Waals surface area contributed by atoms with E-state index in [9.17, 15) is 9.59 Å². The average Bonchev–Trinajstić information content (AvgIpc) is 3.65. The number of ether oxygens (including phenoxy) is 6. The molecular formula is C38H48Cl2N2O8. The zero-order chi connectivity index (χ0) is 35.9. The lowest BCUT2D eigenvalue weighted by molar-refractivity contribution is -0.146. The zero-order valence-electron chi connectivity index (χ0n) is 29.9. The molecule has 0 saturated heterocycles. The summed E-state index contributed by atoms with van der Waals surface area (Å²) in [6.07, 6.45) is 5.27. The van der Waals surface area contributed by atoms with Crippen LogP contribution in [0.15, 0.2) is 24.3 Å². The second kappa shape index (κ2) is 17.2. The second-order valence-corrected chi connectivity index (χ2v) is 13.2. The fourth-order valence-electron chi connectivity index (χ4n) is 7.67. The van der Waals surface area contributed by atoms with E-state index in [-0.39, 0.29) is 23.8 Å². The van der Waals surface area contributed by atoms with Crippen molar-refractivity contribution in [3.63, 3.8) is 0 Å². The molecule has 2 aromatic heterocycles. The van der Waals surface area contributed by atoms with E-state index < -0.39 is 0 Å². The Bertz CT molecular complexity index is 1700. The van der Waals surface area contributed by atoms with Crippen LogP contribution in [0.25, 0.3) is 21.8 Å². The third-order valence-electron chi connectivity index (χ3n) is 9.66. The monoisotopic (exact) mass is 730 g/mol. The van der Waals surface area contributed by atoms with Crippen LogP contribution in [0.4, 0.5) is 0 Å². The van der Waals surface area contributed by atoms with Crippen LogP contribution in [-0.2, 0) is 54.5 Å². The number of rotatable bonds is 12. The number of hydrogen-bond acceptors (Lipinski definition) is 8. The van der Waals surface area contributed by atoms with Gasteiger partial charge in [0.2, 0.25) is 0 Å². The molecular weight excluding hydrogens is 683 g/mol. The lowest BCUT2D eigenvalue weighted by Gasteiger charge is -2.23.